The Bertz CT molecular complexity index is 367. The summed E-state index contributed by atoms with van der Waals surface area (Å²) in [6, 6.07) is 7.79. The lowest BCUT2D eigenvalue weighted by atomic mass is 9.85. The largest absolute Gasteiger partial charge is 0.496 e. The fraction of sp³-hybridized carbons (Fsp3) is 0.538. The van der Waals surface area contributed by atoms with E-state index in [2.05, 4.69) is 6.92 Å². The first-order chi connectivity index (χ1) is 7.68. The molecule has 0 amide bonds. The molecule has 2 nitrogen and oxygen atoms in total. The van der Waals surface area contributed by atoms with Gasteiger partial charge >= 0.3 is 0 Å². The average Bonchev–Trinajstić information content (AvgIpc) is 2.33. The fourth-order valence-corrected chi connectivity index (χ4v) is 3.48. The first-order valence-electron chi connectivity index (χ1n) is 5.66. The van der Waals surface area contributed by atoms with Crippen molar-refractivity contribution in [3.8, 4) is 5.75 Å². The number of hydrogen-bond donors (Lipinski definition) is 1. The normalized spacial score (nSPS) is 30.1. The van der Waals surface area contributed by atoms with Crippen molar-refractivity contribution in [3.05, 3.63) is 29.8 Å². The zero-order chi connectivity index (χ0) is 11.6. The molecule has 1 aliphatic rings. The first kappa shape index (κ1) is 11.8. The van der Waals surface area contributed by atoms with Gasteiger partial charge in [-0.25, -0.2) is 0 Å². The molecule has 1 aromatic carbocycles. The number of hydrogen-bond acceptors (Lipinski definition) is 3. The van der Waals surface area contributed by atoms with Gasteiger partial charge in [-0.3, -0.25) is 0 Å². The Labute approximate surface area is 101 Å². The summed E-state index contributed by atoms with van der Waals surface area (Å²) in [4.78, 5) is 0. The minimum atomic E-state index is -0.741. The van der Waals surface area contributed by atoms with Gasteiger partial charge in [-0.15, -0.1) is 0 Å². The van der Waals surface area contributed by atoms with E-state index in [1.54, 1.807) is 7.11 Å². The van der Waals surface area contributed by atoms with Gasteiger partial charge in [0, 0.05) is 10.8 Å². The van der Waals surface area contributed by atoms with E-state index in [0.29, 0.717) is 0 Å². The summed E-state index contributed by atoms with van der Waals surface area (Å²) >= 11 is 1.83. The number of ether oxygens (including phenoxy) is 1. The van der Waals surface area contributed by atoms with Crippen LogP contribution < -0.4 is 4.74 Å². The van der Waals surface area contributed by atoms with E-state index in [-0.39, 0.29) is 5.25 Å². The first-order valence-corrected chi connectivity index (χ1v) is 6.71. The van der Waals surface area contributed by atoms with Gasteiger partial charge in [0.2, 0.25) is 0 Å². The van der Waals surface area contributed by atoms with Gasteiger partial charge in [0.25, 0.3) is 0 Å². The van der Waals surface area contributed by atoms with Gasteiger partial charge < -0.3 is 9.84 Å². The topological polar surface area (TPSA) is 29.5 Å². The van der Waals surface area contributed by atoms with Gasteiger partial charge in [-0.05, 0) is 24.7 Å². The summed E-state index contributed by atoms with van der Waals surface area (Å²) in [5, 5.41) is 11.0. The number of para-hydroxylation sites is 1. The van der Waals surface area contributed by atoms with E-state index < -0.39 is 5.60 Å². The van der Waals surface area contributed by atoms with E-state index >= 15 is 0 Å². The zero-order valence-electron chi connectivity index (χ0n) is 9.77. The summed E-state index contributed by atoms with van der Waals surface area (Å²) in [6.45, 7) is 2.09. The Hall–Kier alpha value is -0.670. The number of aliphatic hydroxyl groups is 1. The highest BCUT2D eigenvalue weighted by atomic mass is 32.2. The standard InChI is InChI=1S/C13H18O2S/c1-10-13(14,8-5-9-16-10)11-6-3-4-7-12(11)15-2/h3-4,6-7,10,14H,5,8-9H2,1-2H3. The van der Waals surface area contributed by atoms with Gasteiger partial charge in [0.05, 0.1) is 7.11 Å². The molecule has 1 N–H and O–H groups in total. The number of rotatable bonds is 2. The molecule has 0 aromatic heterocycles. The second kappa shape index (κ2) is 4.68. The second-order valence-electron chi connectivity index (χ2n) is 4.24. The third-order valence-corrected chi connectivity index (χ3v) is 4.73. The highest BCUT2D eigenvalue weighted by Gasteiger charge is 2.40. The van der Waals surface area contributed by atoms with Crippen LogP contribution >= 0.6 is 11.8 Å². The zero-order valence-corrected chi connectivity index (χ0v) is 10.6. The van der Waals surface area contributed by atoms with Gasteiger partial charge in [0.1, 0.15) is 11.4 Å². The molecule has 1 saturated heterocycles. The van der Waals surface area contributed by atoms with Crippen LogP contribution in [0.1, 0.15) is 25.3 Å². The molecule has 2 atom stereocenters. The highest BCUT2D eigenvalue weighted by molar-refractivity contribution is 8.00. The predicted molar refractivity (Wildman–Crippen MR) is 68.0 cm³/mol. The smallest absolute Gasteiger partial charge is 0.124 e. The van der Waals surface area contributed by atoms with E-state index in [0.717, 1.165) is 29.9 Å². The number of methoxy groups -OCH3 is 1. The Morgan fingerprint density at radius 2 is 2.19 bits per heavy atom. The maximum atomic E-state index is 10.8. The van der Waals surface area contributed by atoms with Crippen LogP contribution in [0.15, 0.2) is 24.3 Å². The molecule has 0 radical (unpaired) electrons. The van der Waals surface area contributed by atoms with Crippen molar-refractivity contribution in [2.45, 2.75) is 30.6 Å². The van der Waals surface area contributed by atoms with Crippen molar-refractivity contribution in [1.29, 1.82) is 0 Å². The molecule has 1 aromatic rings. The van der Waals surface area contributed by atoms with E-state index in [1.165, 1.54) is 0 Å². The van der Waals surface area contributed by atoms with Crippen molar-refractivity contribution in [2.75, 3.05) is 12.9 Å². The Kier molecular flexibility index (Phi) is 3.45. The van der Waals surface area contributed by atoms with Crippen molar-refractivity contribution < 1.29 is 9.84 Å². The molecule has 0 saturated carbocycles. The summed E-state index contributed by atoms with van der Waals surface area (Å²) in [6.07, 6.45) is 1.88. The monoisotopic (exact) mass is 238 g/mol. The highest BCUT2D eigenvalue weighted by Crippen LogP contribution is 2.44. The van der Waals surface area contributed by atoms with Crippen LogP contribution in [0, 0.1) is 0 Å². The average molecular weight is 238 g/mol. The maximum Gasteiger partial charge on any atom is 0.124 e. The molecule has 2 unspecified atom stereocenters. The van der Waals surface area contributed by atoms with E-state index in [4.69, 9.17) is 4.74 Å². The summed E-state index contributed by atoms with van der Waals surface area (Å²) in [5.74, 6) is 1.93. The fourth-order valence-electron chi connectivity index (χ4n) is 2.30. The summed E-state index contributed by atoms with van der Waals surface area (Å²) in [7, 11) is 1.66. The molecular formula is C13H18O2S. The third-order valence-electron chi connectivity index (χ3n) is 3.32. The Morgan fingerprint density at radius 1 is 1.44 bits per heavy atom. The predicted octanol–water partition coefficient (Wildman–Crippen LogP) is 2.80. The molecule has 0 spiro atoms. The lowest BCUT2D eigenvalue weighted by molar-refractivity contribution is 0.0232. The quantitative estimate of drug-likeness (QED) is 0.859. The van der Waals surface area contributed by atoms with Crippen molar-refractivity contribution >= 4 is 11.8 Å². The summed E-state index contributed by atoms with van der Waals surface area (Å²) in [5.41, 5.74) is 0.187. The summed E-state index contributed by atoms with van der Waals surface area (Å²) < 4.78 is 5.34. The molecule has 2 rings (SSSR count). The molecule has 16 heavy (non-hydrogen) atoms. The Morgan fingerprint density at radius 3 is 2.88 bits per heavy atom. The van der Waals surface area contributed by atoms with Crippen LogP contribution in [0.25, 0.3) is 0 Å². The van der Waals surface area contributed by atoms with Crippen LogP contribution in [0.4, 0.5) is 0 Å². The van der Waals surface area contributed by atoms with Gasteiger partial charge in [0.15, 0.2) is 0 Å². The van der Waals surface area contributed by atoms with Crippen LogP contribution in [-0.4, -0.2) is 23.2 Å². The van der Waals surface area contributed by atoms with Crippen LogP contribution in [0.3, 0.4) is 0 Å². The van der Waals surface area contributed by atoms with Crippen molar-refractivity contribution in [3.63, 3.8) is 0 Å². The molecule has 1 aliphatic heterocycles. The molecule has 1 heterocycles. The minimum absolute atomic E-state index is 0.220. The SMILES string of the molecule is COc1ccccc1C1(O)CCCSC1C. The number of thioether (sulfide) groups is 1. The molecular weight excluding hydrogens is 220 g/mol. The van der Waals surface area contributed by atoms with Crippen LogP contribution in [0.5, 0.6) is 5.75 Å². The maximum absolute atomic E-state index is 10.8. The molecule has 1 fully saturated rings. The van der Waals surface area contributed by atoms with Crippen molar-refractivity contribution in [2.24, 2.45) is 0 Å². The minimum Gasteiger partial charge on any atom is -0.496 e. The third kappa shape index (κ3) is 1.94. The van der Waals surface area contributed by atoms with Crippen LogP contribution in [-0.2, 0) is 5.60 Å². The van der Waals surface area contributed by atoms with Crippen molar-refractivity contribution in [1.82, 2.24) is 0 Å². The molecule has 0 bridgehead atoms. The molecule has 88 valence electrons. The lowest BCUT2D eigenvalue weighted by Gasteiger charge is -2.38. The second-order valence-corrected chi connectivity index (χ2v) is 5.69. The lowest BCUT2D eigenvalue weighted by Crippen LogP contribution is -2.39. The van der Waals surface area contributed by atoms with Crippen LogP contribution in [0.2, 0.25) is 0 Å². The van der Waals surface area contributed by atoms with Gasteiger partial charge in [-0.2, -0.15) is 11.8 Å². The van der Waals surface area contributed by atoms with E-state index in [1.807, 2.05) is 36.0 Å². The molecule has 0 aliphatic carbocycles. The number of benzene rings is 1. The van der Waals surface area contributed by atoms with Gasteiger partial charge in [-0.1, -0.05) is 25.1 Å². The Balaban J connectivity index is 2.40. The van der Waals surface area contributed by atoms with E-state index in [9.17, 15) is 5.11 Å². The molecule has 3 heteroatoms.